The number of carbonyl (C=O) groups excluding carboxylic acids is 2. The Morgan fingerprint density at radius 2 is 2.19 bits per heavy atom. The van der Waals surface area contributed by atoms with Crippen LogP contribution in [0.15, 0.2) is 34.7 Å². The van der Waals surface area contributed by atoms with Crippen molar-refractivity contribution in [1.82, 2.24) is 15.5 Å². The number of hydrogen-bond acceptors (Lipinski definition) is 3. The largest absolute Gasteiger partial charge is 0.466 e. The van der Waals surface area contributed by atoms with E-state index < -0.39 is 0 Å². The number of aryl methyl sites for hydroxylation is 2. The predicted molar refractivity (Wildman–Crippen MR) is 94.5 cm³/mol. The second-order valence-electron chi connectivity index (χ2n) is 6.45. The Balaban J connectivity index is 1.72. The lowest BCUT2D eigenvalue weighted by molar-refractivity contribution is 0.0938. The molecule has 26 heavy (non-hydrogen) atoms. The summed E-state index contributed by atoms with van der Waals surface area (Å²) in [5.41, 5.74) is 1.26. The number of halogens is 1. The summed E-state index contributed by atoms with van der Waals surface area (Å²) in [5, 5.41) is 5.64. The minimum atomic E-state index is -0.319. The first kappa shape index (κ1) is 18.0. The fourth-order valence-electron chi connectivity index (χ4n) is 3.23. The van der Waals surface area contributed by atoms with Gasteiger partial charge in [-0.25, -0.2) is 9.18 Å². The third-order valence-electron chi connectivity index (χ3n) is 4.47. The van der Waals surface area contributed by atoms with E-state index >= 15 is 0 Å². The molecule has 2 heterocycles. The molecule has 2 N–H and O–H groups in total. The van der Waals surface area contributed by atoms with Crippen molar-refractivity contribution < 1.29 is 18.4 Å². The Kier molecular flexibility index (Phi) is 5.25. The molecule has 6 nitrogen and oxygen atoms in total. The molecule has 0 unspecified atom stereocenters. The van der Waals surface area contributed by atoms with Gasteiger partial charge in [-0.1, -0.05) is 12.1 Å². The first-order chi connectivity index (χ1) is 12.4. The molecule has 0 bridgehead atoms. The van der Waals surface area contributed by atoms with Gasteiger partial charge in [0.25, 0.3) is 5.91 Å². The van der Waals surface area contributed by atoms with E-state index in [2.05, 4.69) is 10.6 Å². The zero-order chi connectivity index (χ0) is 18.7. The van der Waals surface area contributed by atoms with Crippen LogP contribution in [0.5, 0.6) is 0 Å². The highest BCUT2D eigenvalue weighted by Gasteiger charge is 2.28. The fraction of sp³-hybridized carbons (Fsp3) is 0.368. The van der Waals surface area contributed by atoms with Gasteiger partial charge in [0.2, 0.25) is 0 Å². The first-order valence-corrected chi connectivity index (χ1v) is 8.58. The average Bonchev–Trinajstić information content (AvgIpc) is 3.16. The van der Waals surface area contributed by atoms with E-state index in [1.165, 1.54) is 12.1 Å². The minimum Gasteiger partial charge on any atom is -0.466 e. The Labute approximate surface area is 151 Å². The number of urea groups is 1. The van der Waals surface area contributed by atoms with E-state index in [4.69, 9.17) is 4.42 Å². The van der Waals surface area contributed by atoms with Gasteiger partial charge in [0.1, 0.15) is 17.3 Å². The molecule has 1 aromatic carbocycles. The van der Waals surface area contributed by atoms with Gasteiger partial charge < -0.3 is 20.0 Å². The second kappa shape index (κ2) is 7.59. The van der Waals surface area contributed by atoms with Crippen LogP contribution in [-0.4, -0.2) is 42.5 Å². The topological polar surface area (TPSA) is 74.6 Å². The Hall–Kier alpha value is -2.83. The van der Waals surface area contributed by atoms with Gasteiger partial charge in [-0.2, -0.15) is 0 Å². The maximum Gasteiger partial charge on any atom is 0.317 e. The van der Waals surface area contributed by atoms with Crippen molar-refractivity contribution in [2.24, 2.45) is 0 Å². The molecule has 3 rings (SSSR count). The maximum atomic E-state index is 13.5. The molecule has 1 aromatic heterocycles. The number of hydrogen-bond donors (Lipinski definition) is 2. The Morgan fingerprint density at radius 1 is 1.38 bits per heavy atom. The number of benzene rings is 1. The van der Waals surface area contributed by atoms with Crippen LogP contribution in [0.1, 0.15) is 27.4 Å². The van der Waals surface area contributed by atoms with Crippen LogP contribution < -0.4 is 10.6 Å². The van der Waals surface area contributed by atoms with Gasteiger partial charge in [-0.15, -0.1) is 0 Å². The van der Waals surface area contributed by atoms with Gasteiger partial charge in [-0.3, -0.25) is 4.79 Å². The summed E-state index contributed by atoms with van der Waals surface area (Å²) in [5.74, 6) is 0.660. The summed E-state index contributed by atoms with van der Waals surface area (Å²) in [6.07, 6.45) is 0.453. The third kappa shape index (κ3) is 4.04. The van der Waals surface area contributed by atoms with Crippen molar-refractivity contribution >= 4 is 11.9 Å². The van der Waals surface area contributed by atoms with Crippen LogP contribution >= 0.6 is 0 Å². The standard InChI is InChI=1S/C19H22FN3O3/c1-12-8-17(13(2)26-12)18(24)22-11-16(23-7-6-21-19(23)25)10-14-4-3-5-15(20)9-14/h3-5,8-9,16H,6-7,10-11H2,1-2H3,(H,21,25)(H,22,24)/t16-/m0/s1. The lowest BCUT2D eigenvalue weighted by Crippen LogP contribution is -2.46. The molecule has 138 valence electrons. The molecule has 1 fully saturated rings. The second-order valence-corrected chi connectivity index (χ2v) is 6.45. The fourth-order valence-corrected chi connectivity index (χ4v) is 3.23. The molecule has 1 atom stereocenters. The van der Waals surface area contributed by atoms with Crippen molar-refractivity contribution in [3.05, 3.63) is 58.8 Å². The molecule has 3 amide bonds. The maximum absolute atomic E-state index is 13.5. The zero-order valence-electron chi connectivity index (χ0n) is 14.8. The lowest BCUT2D eigenvalue weighted by Gasteiger charge is -2.27. The lowest BCUT2D eigenvalue weighted by atomic mass is 10.0. The number of rotatable bonds is 6. The Morgan fingerprint density at radius 3 is 2.81 bits per heavy atom. The van der Waals surface area contributed by atoms with Crippen LogP contribution in [0, 0.1) is 19.7 Å². The minimum absolute atomic E-state index is 0.170. The van der Waals surface area contributed by atoms with Crippen molar-refractivity contribution in [3.8, 4) is 0 Å². The summed E-state index contributed by atoms with van der Waals surface area (Å²) in [6, 6.07) is 7.54. The molecule has 1 saturated heterocycles. The molecule has 0 saturated carbocycles. The zero-order valence-corrected chi connectivity index (χ0v) is 14.8. The van der Waals surface area contributed by atoms with E-state index in [-0.39, 0.29) is 30.3 Å². The van der Waals surface area contributed by atoms with Gasteiger partial charge >= 0.3 is 6.03 Å². The number of carbonyl (C=O) groups is 2. The monoisotopic (exact) mass is 359 g/mol. The Bertz CT molecular complexity index is 818. The normalized spacial score (nSPS) is 15.0. The number of nitrogens with zero attached hydrogens (tertiary/aromatic N) is 1. The van der Waals surface area contributed by atoms with E-state index in [9.17, 15) is 14.0 Å². The third-order valence-corrected chi connectivity index (χ3v) is 4.47. The summed E-state index contributed by atoms with van der Waals surface area (Å²) in [6.45, 7) is 4.91. The molecule has 0 spiro atoms. The van der Waals surface area contributed by atoms with Gasteiger partial charge in [0.05, 0.1) is 11.6 Å². The number of nitrogens with one attached hydrogen (secondary N) is 2. The smallest absolute Gasteiger partial charge is 0.317 e. The molecule has 2 aromatic rings. The average molecular weight is 359 g/mol. The quantitative estimate of drug-likeness (QED) is 0.832. The van der Waals surface area contributed by atoms with Crippen molar-refractivity contribution in [1.29, 1.82) is 0 Å². The predicted octanol–water partition coefficient (Wildman–Crippen LogP) is 2.40. The highest BCUT2D eigenvalue weighted by atomic mass is 19.1. The van der Waals surface area contributed by atoms with Gasteiger partial charge in [-0.05, 0) is 44.0 Å². The van der Waals surface area contributed by atoms with Crippen LogP contribution in [0.2, 0.25) is 0 Å². The molecule has 1 aliphatic heterocycles. The SMILES string of the molecule is Cc1cc(C(=O)NC[C@H](Cc2cccc(F)c2)N2CCNC2=O)c(C)o1. The highest BCUT2D eigenvalue weighted by molar-refractivity contribution is 5.95. The molecule has 1 aliphatic rings. The van der Waals surface area contributed by atoms with Gasteiger partial charge in [0, 0.05) is 19.6 Å². The summed E-state index contributed by atoms with van der Waals surface area (Å²) < 4.78 is 18.9. The number of amides is 3. The molecular weight excluding hydrogens is 337 g/mol. The van der Waals surface area contributed by atoms with Gasteiger partial charge in [0.15, 0.2) is 0 Å². The van der Waals surface area contributed by atoms with E-state index in [0.29, 0.717) is 36.6 Å². The molecule has 7 heteroatoms. The van der Waals surface area contributed by atoms with Crippen molar-refractivity contribution in [2.45, 2.75) is 26.3 Å². The molecular formula is C19H22FN3O3. The van der Waals surface area contributed by atoms with E-state index in [1.807, 2.05) is 6.07 Å². The highest BCUT2D eigenvalue weighted by Crippen LogP contribution is 2.15. The van der Waals surface area contributed by atoms with Crippen LogP contribution in [0.25, 0.3) is 0 Å². The van der Waals surface area contributed by atoms with Crippen molar-refractivity contribution in [3.63, 3.8) is 0 Å². The van der Waals surface area contributed by atoms with Crippen LogP contribution in [-0.2, 0) is 6.42 Å². The number of furan rings is 1. The molecule has 0 aliphatic carbocycles. The molecule has 0 radical (unpaired) electrons. The summed E-state index contributed by atoms with van der Waals surface area (Å²) >= 11 is 0. The van der Waals surface area contributed by atoms with Crippen molar-refractivity contribution in [2.75, 3.05) is 19.6 Å². The van der Waals surface area contributed by atoms with E-state index in [0.717, 1.165) is 5.56 Å². The van der Waals surface area contributed by atoms with E-state index in [1.54, 1.807) is 30.9 Å². The first-order valence-electron chi connectivity index (χ1n) is 8.58. The summed E-state index contributed by atoms with van der Waals surface area (Å²) in [7, 11) is 0. The summed E-state index contributed by atoms with van der Waals surface area (Å²) in [4.78, 5) is 26.2. The van der Waals surface area contributed by atoms with Crippen LogP contribution in [0.4, 0.5) is 9.18 Å². The van der Waals surface area contributed by atoms with Crippen LogP contribution in [0.3, 0.4) is 0 Å².